The number of hydrogen-bond acceptors (Lipinski definition) is 6. The highest BCUT2D eigenvalue weighted by Gasteiger charge is 2.76. The molecule has 5 fully saturated rings. The molecule has 1 aliphatic heterocycles. The van der Waals surface area contributed by atoms with Gasteiger partial charge in [0.1, 0.15) is 11.9 Å². The first-order chi connectivity index (χ1) is 15.0. The molecule has 0 radical (unpaired) electrons. The van der Waals surface area contributed by atoms with Crippen molar-refractivity contribution in [1.29, 1.82) is 0 Å². The molecule has 5 rings (SSSR count). The van der Waals surface area contributed by atoms with Gasteiger partial charge in [-0.05, 0) is 55.8 Å². The molecule has 5 aliphatic rings. The fourth-order valence-corrected chi connectivity index (χ4v) is 7.34. The summed E-state index contributed by atoms with van der Waals surface area (Å²) in [5.41, 5.74) is -6.88. The Morgan fingerprint density at radius 3 is 2.03 bits per heavy atom. The number of hydrogen-bond donors (Lipinski definition) is 1. The lowest BCUT2D eigenvalue weighted by molar-refractivity contribution is -0.362. The predicted molar refractivity (Wildman–Crippen MR) is 97.5 cm³/mol. The van der Waals surface area contributed by atoms with E-state index in [9.17, 15) is 39.6 Å². The lowest BCUT2D eigenvalue weighted by Gasteiger charge is -2.61. The van der Waals surface area contributed by atoms with Gasteiger partial charge in [0, 0.05) is 0 Å². The Morgan fingerprint density at radius 1 is 1.03 bits per heavy atom. The maximum atomic E-state index is 13.5. The number of halogens is 6. The number of alkyl halides is 6. The number of carbonyl (C=O) groups is 1. The number of esters is 1. The zero-order chi connectivity index (χ0) is 24.5. The second kappa shape index (κ2) is 7.69. The summed E-state index contributed by atoms with van der Waals surface area (Å²) in [4.78, 5) is 12.5. The van der Waals surface area contributed by atoms with E-state index in [-0.39, 0.29) is 24.4 Å². The minimum absolute atomic E-state index is 0.0291. The Bertz CT molecular complexity index is 867. The fraction of sp³-hybridized carbons (Fsp3) is 0.947. The highest BCUT2D eigenvalue weighted by Crippen LogP contribution is 2.64. The van der Waals surface area contributed by atoms with Crippen LogP contribution in [-0.2, 0) is 29.1 Å². The topological polar surface area (TPSA) is 102 Å². The van der Waals surface area contributed by atoms with Crippen LogP contribution in [-0.4, -0.2) is 67.6 Å². The summed E-state index contributed by atoms with van der Waals surface area (Å²) in [6.07, 6.45) is -10.0. The first-order valence-corrected chi connectivity index (χ1v) is 12.1. The standard InChI is InChI=1S/C19H24F6O7S/c20-18(21,22)17(19(23,24)25,10-33(27,28)29)32-14(26)6-15-2-11-1-12(3-15)5-16(4-11,9-15)31-8-13-7-30-13/h11-13H,1-10H2,(H,27,28,29). The molecule has 0 amide bonds. The van der Waals surface area contributed by atoms with Crippen LogP contribution in [0.25, 0.3) is 0 Å². The summed E-state index contributed by atoms with van der Waals surface area (Å²) in [6.45, 7) is 0.894. The van der Waals surface area contributed by atoms with Crippen molar-refractivity contribution in [1.82, 2.24) is 0 Å². The van der Waals surface area contributed by atoms with Gasteiger partial charge in [-0.3, -0.25) is 9.35 Å². The van der Waals surface area contributed by atoms with Gasteiger partial charge in [-0.15, -0.1) is 0 Å². The summed E-state index contributed by atoms with van der Waals surface area (Å²) in [7, 11) is -5.82. The summed E-state index contributed by atoms with van der Waals surface area (Å²) in [5.74, 6) is -4.44. The van der Waals surface area contributed by atoms with Crippen LogP contribution in [0, 0.1) is 17.3 Å². The van der Waals surface area contributed by atoms with E-state index in [2.05, 4.69) is 4.74 Å². The molecule has 0 aromatic rings. The summed E-state index contributed by atoms with van der Waals surface area (Å²) >= 11 is 0. The molecule has 190 valence electrons. The third-order valence-electron chi connectivity index (χ3n) is 7.22. The minimum Gasteiger partial charge on any atom is -0.438 e. The molecule has 3 unspecified atom stereocenters. The van der Waals surface area contributed by atoms with Crippen molar-refractivity contribution >= 4 is 16.1 Å². The van der Waals surface area contributed by atoms with Crippen LogP contribution in [0.2, 0.25) is 0 Å². The Balaban J connectivity index is 1.56. The average Bonchev–Trinajstić information content (AvgIpc) is 3.38. The number of epoxide rings is 1. The molecule has 33 heavy (non-hydrogen) atoms. The van der Waals surface area contributed by atoms with Crippen LogP contribution in [0.3, 0.4) is 0 Å². The van der Waals surface area contributed by atoms with Crippen LogP contribution in [0.5, 0.6) is 0 Å². The van der Waals surface area contributed by atoms with Crippen LogP contribution in [0.4, 0.5) is 26.3 Å². The van der Waals surface area contributed by atoms with Crippen molar-refractivity contribution in [3.05, 3.63) is 0 Å². The Labute approximate surface area is 185 Å². The zero-order valence-electron chi connectivity index (χ0n) is 17.4. The first-order valence-electron chi connectivity index (χ1n) is 10.5. The molecule has 0 aromatic carbocycles. The molecule has 4 saturated carbocycles. The molecule has 14 heteroatoms. The maximum Gasteiger partial charge on any atom is 0.438 e. The maximum absolute atomic E-state index is 13.5. The largest absolute Gasteiger partial charge is 0.438 e. The van der Waals surface area contributed by atoms with E-state index >= 15 is 0 Å². The molecule has 4 bridgehead atoms. The Morgan fingerprint density at radius 2 is 1.58 bits per heavy atom. The molecule has 3 atom stereocenters. The van der Waals surface area contributed by atoms with Crippen molar-refractivity contribution < 1.29 is 58.3 Å². The van der Waals surface area contributed by atoms with E-state index < -0.39 is 57.2 Å². The molecular formula is C19H24F6O7S. The van der Waals surface area contributed by atoms with E-state index in [0.29, 0.717) is 38.9 Å². The van der Waals surface area contributed by atoms with Gasteiger partial charge >= 0.3 is 23.9 Å². The van der Waals surface area contributed by atoms with E-state index in [1.807, 2.05) is 0 Å². The Kier molecular flexibility index (Phi) is 5.82. The van der Waals surface area contributed by atoms with Crippen LogP contribution in [0.1, 0.15) is 44.9 Å². The van der Waals surface area contributed by atoms with Gasteiger partial charge in [-0.2, -0.15) is 34.8 Å². The highest BCUT2D eigenvalue weighted by atomic mass is 32.2. The van der Waals surface area contributed by atoms with Gasteiger partial charge in [0.2, 0.25) is 0 Å². The second-order valence-electron chi connectivity index (χ2n) is 10.1. The van der Waals surface area contributed by atoms with Crippen molar-refractivity contribution in [2.45, 2.75) is 74.6 Å². The van der Waals surface area contributed by atoms with E-state index in [1.54, 1.807) is 0 Å². The third kappa shape index (κ3) is 4.98. The van der Waals surface area contributed by atoms with E-state index in [1.165, 1.54) is 0 Å². The van der Waals surface area contributed by atoms with Gasteiger partial charge in [0.15, 0.2) is 0 Å². The number of carbonyl (C=O) groups excluding carboxylic acids is 1. The van der Waals surface area contributed by atoms with Gasteiger partial charge in [0.25, 0.3) is 10.1 Å². The SMILES string of the molecule is O=C(CC12CC3CC(C1)CC(OCC1CO1)(C3)C2)OC(CS(=O)(=O)O)(C(F)(F)F)C(F)(F)F. The summed E-state index contributed by atoms with van der Waals surface area (Å²) in [6, 6.07) is 0. The predicted octanol–water partition coefficient (Wildman–Crippen LogP) is 3.43. The van der Waals surface area contributed by atoms with Gasteiger partial charge in [0.05, 0.1) is 25.2 Å². The number of ether oxygens (including phenoxy) is 3. The minimum atomic E-state index is -6.33. The quantitative estimate of drug-likeness (QED) is 0.231. The average molecular weight is 510 g/mol. The van der Waals surface area contributed by atoms with E-state index in [4.69, 9.17) is 14.0 Å². The molecule has 4 aliphatic carbocycles. The van der Waals surface area contributed by atoms with Crippen molar-refractivity contribution in [3.63, 3.8) is 0 Å². The second-order valence-corrected chi connectivity index (χ2v) is 11.6. The highest BCUT2D eigenvalue weighted by molar-refractivity contribution is 7.85. The molecule has 0 spiro atoms. The monoisotopic (exact) mass is 510 g/mol. The molecular weight excluding hydrogens is 486 g/mol. The molecule has 1 saturated heterocycles. The molecule has 7 nitrogen and oxygen atoms in total. The van der Waals surface area contributed by atoms with Crippen molar-refractivity contribution in [2.24, 2.45) is 17.3 Å². The fourth-order valence-electron chi connectivity index (χ4n) is 6.44. The van der Waals surface area contributed by atoms with Crippen LogP contribution < -0.4 is 0 Å². The van der Waals surface area contributed by atoms with Gasteiger partial charge in [-0.25, -0.2) is 0 Å². The van der Waals surface area contributed by atoms with Crippen LogP contribution in [0.15, 0.2) is 0 Å². The van der Waals surface area contributed by atoms with Gasteiger partial charge in [-0.1, -0.05) is 0 Å². The first kappa shape index (κ1) is 25.0. The van der Waals surface area contributed by atoms with Crippen molar-refractivity contribution in [2.75, 3.05) is 19.0 Å². The normalized spacial score (nSPS) is 36.2. The zero-order valence-corrected chi connectivity index (χ0v) is 18.2. The summed E-state index contributed by atoms with van der Waals surface area (Å²) < 4.78 is 127. The Hall–Kier alpha value is -1.12. The molecule has 0 aromatic heterocycles. The van der Waals surface area contributed by atoms with Gasteiger partial charge < -0.3 is 14.2 Å². The lowest BCUT2D eigenvalue weighted by Crippen LogP contribution is -2.64. The smallest absolute Gasteiger partial charge is 0.438 e. The third-order valence-corrected chi connectivity index (χ3v) is 7.99. The van der Waals surface area contributed by atoms with Crippen LogP contribution >= 0.6 is 0 Å². The molecule has 1 heterocycles. The van der Waals surface area contributed by atoms with E-state index in [0.717, 1.165) is 6.42 Å². The van der Waals surface area contributed by atoms with Crippen molar-refractivity contribution in [3.8, 4) is 0 Å². The summed E-state index contributed by atoms with van der Waals surface area (Å²) in [5, 5.41) is 0. The number of rotatable bonds is 8. The molecule has 1 N–H and O–H groups in total. The lowest BCUT2D eigenvalue weighted by atomic mass is 9.47.